The standard InChI is InChI=1S/C15H29N9/c1-8-9-10-16-11(12-17-19-21-23(12)14(2,3)4)13-18-20-22-24(13)15(5,6)7/h11,16H,8-10H2,1-7H3. The average molecular weight is 335 g/mol. The normalized spacial score (nSPS) is 13.0. The Hall–Kier alpha value is -1.90. The molecule has 2 aromatic rings. The molecular formula is C15H29N9. The number of nitrogens with one attached hydrogen (secondary N) is 1. The number of unbranched alkanes of at least 4 members (excludes halogenated alkanes) is 1. The molecule has 24 heavy (non-hydrogen) atoms. The maximum absolute atomic E-state index is 4.27. The van der Waals surface area contributed by atoms with Gasteiger partial charge in [0.25, 0.3) is 0 Å². The molecule has 2 aromatic heterocycles. The van der Waals surface area contributed by atoms with Gasteiger partial charge >= 0.3 is 0 Å². The van der Waals surface area contributed by atoms with E-state index < -0.39 is 0 Å². The summed E-state index contributed by atoms with van der Waals surface area (Å²) in [5, 5.41) is 28.2. The molecule has 134 valence electrons. The second-order valence-electron chi connectivity index (χ2n) is 7.98. The predicted molar refractivity (Wildman–Crippen MR) is 90.4 cm³/mol. The van der Waals surface area contributed by atoms with Crippen molar-refractivity contribution in [2.75, 3.05) is 6.54 Å². The molecule has 1 N–H and O–H groups in total. The van der Waals surface area contributed by atoms with Gasteiger partial charge in [-0.3, -0.25) is 0 Å². The summed E-state index contributed by atoms with van der Waals surface area (Å²) < 4.78 is 3.66. The van der Waals surface area contributed by atoms with Crippen molar-refractivity contribution in [3.63, 3.8) is 0 Å². The fourth-order valence-corrected chi connectivity index (χ4v) is 2.42. The minimum atomic E-state index is -0.264. The van der Waals surface area contributed by atoms with Gasteiger partial charge in [-0.2, -0.15) is 0 Å². The van der Waals surface area contributed by atoms with Crippen molar-refractivity contribution in [3.8, 4) is 0 Å². The van der Waals surface area contributed by atoms with Crippen LogP contribution in [-0.4, -0.2) is 47.0 Å². The van der Waals surface area contributed by atoms with Crippen molar-refractivity contribution >= 4 is 0 Å². The summed E-state index contributed by atoms with van der Waals surface area (Å²) >= 11 is 0. The fraction of sp³-hybridized carbons (Fsp3) is 0.867. The molecule has 0 spiro atoms. The van der Waals surface area contributed by atoms with Crippen LogP contribution >= 0.6 is 0 Å². The van der Waals surface area contributed by atoms with Crippen LogP contribution in [0.5, 0.6) is 0 Å². The first kappa shape index (κ1) is 18.4. The van der Waals surface area contributed by atoms with Gasteiger partial charge in [0.2, 0.25) is 0 Å². The highest BCUT2D eigenvalue weighted by atomic mass is 15.6. The van der Waals surface area contributed by atoms with Crippen molar-refractivity contribution in [1.82, 2.24) is 45.7 Å². The van der Waals surface area contributed by atoms with Gasteiger partial charge in [0, 0.05) is 0 Å². The van der Waals surface area contributed by atoms with E-state index >= 15 is 0 Å². The summed E-state index contributed by atoms with van der Waals surface area (Å²) in [5.41, 5.74) is -0.465. The van der Waals surface area contributed by atoms with Gasteiger partial charge in [0.15, 0.2) is 11.6 Å². The zero-order valence-electron chi connectivity index (χ0n) is 15.8. The summed E-state index contributed by atoms with van der Waals surface area (Å²) in [6, 6.07) is -0.264. The minimum absolute atomic E-state index is 0.233. The van der Waals surface area contributed by atoms with Crippen molar-refractivity contribution in [2.45, 2.75) is 78.4 Å². The van der Waals surface area contributed by atoms with Gasteiger partial charge in [-0.05, 0) is 75.4 Å². The van der Waals surface area contributed by atoms with Crippen LogP contribution in [0, 0.1) is 0 Å². The highest BCUT2D eigenvalue weighted by molar-refractivity contribution is 5.10. The SMILES string of the molecule is CCCCNC(c1nnnn1C(C)(C)C)c1nnnn1C(C)(C)C. The number of aromatic nitrogens is 8. The van der Waals surface area contributed by atoms with Crippen molar-refractivity contribution in [1.29, 1.82) is 0 Å². The topological polar surface area (TPSA) is 99.2 Å². The highest BCUT2D eigenvalue weighted by Crippen LogP contribution is 2.25. The van der Waals surface area contributed by atoms with E-state index in [2.05, 4.69) is 84.8 Å². The summed E-state index contributed by atoms with van der Waals surface area (Å²) in [4.78, 5) is 0. The molecule has 0 aliphatic heterocycles. The fourth-order valence-electron chi connectivity index (χ4n) is 2.42. The van der Waals surface area contributed by atoms with Crippen LogP contribution in [0.25, 0.3) is 0 Å². The number of nitrogens with zero attached hydrogens (tertiary/aromatic N) is 8. The molecule has 2 rings (SSSR count). The van der Waals surface area contributed by atoms with Crippen LogP contribution < -0.4 is 5.32 Å². The Labute approximate surface area is 143 Å². The van der Waals surface area contributed by atoms with E-state index in [0.29, 0.717) is 0 Å². The van der Waals surface area contributed by atoms with E-state index in [0.717, 1.165) is 31.0 Å². The molecule has 0 aliphatic rings. The second-order valence-corrected chi connectivity index (χ2v) is 7.98. The first-order valence-electron chi connectivity index (χ1n) is 8.47. The van der Waals surface area contributed by atoms with Gasteiger partial charge in [0.05, 0.1) is 11.1 Å². The van der Waals surface area contributed by atoms with Crippen LogP contribution in [0.15, 0.2) is 0 Å². The number of tetrazole rings is 2. The third-order valence-electron chi connectivity index (χ3n) is 3.65. The van der Waals surface area contributed by atoms with E-state index in [9.17, 15) is 0 Å². The number of hydrogen-bond donors (Lipinski definition) is 1. The molecular weight excluding hydrogens is 306 g/mol. The molecule has 0 atom stereocenters. The Kier molecular flexibility index (Phi) is 5.32. The van der Waals surface area contributed by atoms with Crippen molar-refractivity contribution in [3.05, 3.63) is 11.6 Å². The molecule has 0 aliphatic carbocycles. The molecule has 0 radical (unpaired) electrons. The summed E-state index contributed by atoms with van der Waals surface area (Å²) in [7, 11) is 0. The average Bonchev–Trinajstić information content (AvgIpc) is 3.11. The molecule has 9 nitrogen and oxygen atoms in total. The van der Waals surface area contributed by atoms with Crippen LogP contribution in [0.4, 0.5) is 0 Å². The second kappa shape index (κ2) is 6.92. The lowest BCUT2D eigenvalue weighted by atomic mass is 10.1. The third kappa shape index (κ3) is 3.95. The largest absolute Gasteiger partial charge is 0.301 e. The van der Waals surface area contributed by atoms with Gasteiger partial charge in [-0.25, -0.2) is 9.36 Å². The molecule has 0 unspecified atom stereocenters. The van der Waals surface area contributed by atoms with E-state index in [1.807, 2.05) is 9.36 Å². The predicted octanol–water partition coefficient (Wildman–Crippen LogP) is 1.65. The van der Waals surface area contributed by atoms with Crippen LogP contribution in [0.2, 0.25) is 0 Å². The maximum Gasteiger partial charge on any atom is 0.176 e. The lowest BCUT2D eigenvalue weighted by molar-refractivity contribution is 0.303. The van der Waals surface area contributed by atoms with Crippen molar-refractivity contribution < 1.29 is 0 Å². The molecule has 0 amide bonds. The van der Waals surface area contributed by atoms with Crippen LogP contribution in [0.1, 0.15) is 79.0 Å². The van der Waals surface area contributed by atoms with Crippen LogP contribution in [-0.2, 0) is 11.1 Å². The van der Waals surface area contributed by atoms with Crippen molar-refractivity contribution in [2.24, 2.45) is 0 Å². The lowest BCUT2D eigenvalue weighted by Gasteiger charge is -2.26. The van der Waals surface area contributed by atoms with Gasteiger partial charge in [0.1, 0.15) is 6.04 Å². The summed E-state index contributed by atoms with van der Waals surface area (Å²) in [5.74, 6) is 1.44. The van der Waals surface area contributed by atoms with Gasteiger partial charge in [-0.15, -0.1) is 10.2 Å². The molecule has 2 heterocycles. The zero-order chi connectivity index (χ0) is 18.0. The highest BCUT2D eigenvalue weighted by Gasteiger charge is 2.32. The van der Waals surface area contributed by atoms with E-state index in [1.165, 1.54) is 0 Å². The Morgan fingerprint density at radius 2 is 1.33 bits per heavy atom. The van der Waals surface area contributed by atoms with Crippen LogP contribution in [0.3, 0.4) is 0 Å². The maximum atomic E-state index is 4.27. The Bertz CT molecular complexity index is 592. The third-order valence-corrected chi connectivity index (χ3v) is 3.65. The molecule has 0 aromatic carbocycles. The zero-order valence-corrected chi connectivity index (χ0v) is 15.8. The monoisotopic (exact) mass is 335 g/mol. The Balaban J connectivity index is 2.48. The Morgan fingerprint density at radius 3 is 1.71 bits per heavy atom. The molecule has 0 saturated heterocycles. The quantitative estimate of drug-likeness (QED) is 0.801. The number of rotatable bonds is 6. The first-order valence-corrected chi connectivity index (χ1v) is 8.47. The molecule has 9 heteroatoms. The minimum Gasteiger partial charge on any atom is -0.301 e. The van der Waals surface area contributed by atoms with Gasteiger partial charge < -0.3 is 5.32 Å². The molecule has 0 fully saturated rings. The van der Waals surface area contributed by atoms with E-state index in [-0.39, 0.29) is 17.1 Å². The summed E-state index contributed by atoms with van der Waals surface area (Å²) in [6.45, 7) is 15.4. The van der Waals surface area contributed by atoms with E-state index in [1.54, 1.807) is 0 Å². The number of hydrogen-bond acceptors (Lipinski definition) is 7. The Morgan fingerprint density at radius 1 is 0.875 bits per heavy atom. The molecule has 0 saturated carbocycles. The molecule has 0 bridgehead atoms. The lowest BCUT2D eigenvalue weighted by Crippen LogP contribution is -2.36. The smallest absolute Gasteiger partial charge is 0.176 e. The van der Waals surface area contributed by atoms with E-state index in [4.69, 9.17) is 0 Å². The first-order chi connectivity index (χ1) is 11.2. The summed E-state index contributed by atoms with van der Waals surface area (Å²) in [6.07, 6.45) is 2.17. The van der Waals surface area contributed by atoms with Gasteiger partial charge in [-0.1, -0.05) is 13.3 Å².